The molecule has 3 amide bonds. The van der Waals surface area contributed by atoms with Crippen LogP contribution >= 0.6 is 11.8 Å². The summed E-state index contributed by atoms with van der Waals surface area (Å²) in [5.74, 6) is -2.52. The van der Waals surface area contributed by atoms with E-state index in [2.05, 4.69) is 10.1 Å². The summed E-state index contributed by atoms with van der Waals surface area (Å²) in [5, 5.41) is 4.40. The average Bonchev–Trinajstić information content (AvgIpc) is 2.56. The Labute approximate surface area is 147 Å². The Bertz CT molecular complexity index is 637. The van der Waals surface area contributed by atoms with Crippen LogP contribution in [0.3, 0.4) is 0 Å². The molecular formula is C15H17FN2O6S. The van der Waals surface area contributed by atoms with Gasteiger partial charge in [0.25, 0.3) is 5.91 Å². The molecule has 0 spiro atoms. The first-order valence-corrected chi connectivity index (χ1v) is 8.18. The first-order valence-electron chi connectivity index (χ1n) is 7.03. The fourth-order valence-electron chi connectivity index (χ4n) is 1.50. The zero-order valence-electron chi connectivity index (χ0n) is 13.5. The van der Waals surface area contributed by atoms with Crippen molar-refractivity contribution in [3.63, 3.8) is 0 Å². The lowest BCUT2D eigenvalue weighted by atomic mass is 10.3. The number of thioether (sulfide) groups is 1. The van der Waals surface area contributed by atoms with Gasteiger partial charge in [0.05, 0.1) is 18.6 Å². The number of alkyl carbamates (subject to hydrolysis) is 1. The van der Waals surface area contributed by atoms with Crippen molar-refractivity contribution < 1.29 is 33.0 Å². The van der Waals surface area contributed by atoms with Crippen LogP contribution in [0.2, 0.25) is 0 Å². The molecule has 0 fully saturated rings. The van der Waals surface area contributed by atoms with Crippen molar-refractivity contribution in [2.45, 2.75) is 13.0 Å². The van der Waals surface area contributed by atoms with E-state index in [0.29, 0.717) is 5.69 Å². The Balaban J connectivity index is 2.27. The zero-order chi connectivity index (χ0) is 18.8. The molecule has 0 aliphatic carbocycles. The highest BCUT2D eigenvalue weighted by molar-refractivity contribution is 8.00. The molecule has 0 aromatic heterocycles. The lowest BCUT2D eigenvalue weighted by Gasteiger charge is -2.12. The molecule has 0 aliphatic rings. The van der Waals surface area contributed by atoms with E-state index in [0.717, 1.165) is 18.9 Å². The van der Waals surface area contributed by atoms with Crippen LogP contribution in [0, 0.1) is 5.82 Å². The molecule has 0 heterocycles. The van der Waals surface area contributed by atoms with Gasteiger partial charge in [-0.25, -0.2) is 9.18 Å². The topological polar surface area (TPSA) is 111 Å². The van der Waals surface area contributed by atoms with Gasteiger partial charge in [-0.15, -0.1) is 11.8 Å². The number of hydrogen-bond acceptors (Lipinski definition) is 7. The molecule has 0 radical (unpaired) electrons. The number of carbonyl (C=O) groups excluding carboxylic acids is 4. The Morgan fingerprint density at radius 1 is 1.16 bits per heavy atom. The minimum absolute atomic E-state index is 0.0325. The van der Waals surface area contributed by atoms with Crippen molar-refractivity contribution in [1.29, 1.82) is 0 Å². The van der Waals surface area contributed by atoms with Crippen LogP contribution in [0.1, 0.15) is 6.92 Å². The summed E-state index contributed by atoms with van der Waals surface area (Å²) in [4.78, 5) is 45.6. The number of carbonyl (C=O) groups is 4. The van der Waals surface area contributed by atoms with Gasteiger partial charge in [0, 0.05) is 5.69 Å². The van der Waals surface area contributed by atoms with E-state index in [1.807, 2.05) is 5.32 Å². The third-order valence-electron chi connectivity index (χ3n) is 2.67. The highest BCUT2D eigenvalue weighted by Crippen LogP contribution is 2.10. The van der Waals surface area contributed by atoms with Crippen LogP contribution in [0.4, 0.5) is 14.9 Å². The minimum atomic E-state index is -1.18. The SMILES string of the molecule is COC(=O)NC(=O)[C@H](C)OC(=O)CSCC(=O)Nc1ccc(F)cc1. The van der Waals surface area contributed by atoms with Crippen LogP contribution in [0.5, 0.6) is 0 Å². The Morgan fingerprint density at radius 2 is 1.80 bits per heavy atom. The lowest BCUT2D eigenvalue weighted by Crippen LogP contribution is -2.39. The van der Waals surface area contributed by atoms with Crippen molar-refractivity contribution in [3.05, 3.63) is 30.1 Å². The predicted octanol–water partition coefficient (Wildman–Crippen LogP) is 1.31. The number of ether oxygens (including phenoxy) is 2. The van der Waals surface area contributed by atoms with E-state index >= 15 is 0 Å². The van der Waals surface area contributed by atoms with Gasteiger partial charge in [0.2, 0.25) is 5.91 Å². The van der Waals surface area contributed by atoms with E-state index in [1.165, 1.54) is 31.2 Å². The van der Waals surface area contributed by atoms with E-state index < -0.39 is 29.9 Å². The normalized spacial score (nSPS) is 11.2. The summed E-state index contributed by atoms with van der Waals surface area (Å²) < 4.78 is 21.8. The number of anilines is 1. The number of imide groups is 1. The number of nitrogens with one attached hydrogen (secondary N) is 2. The molecule has 25 heavy (non-hydrogen) atoms. The second-order valence-corrected chi connectivity index (χ2v) is 5.65. The van der Waals surface area contributed by atoms with Gasteiger partial charge >= 0.3 is 12.1 Å². The highest BCUT2D eigenvalue weighted by Gasteiger charge is 2.20. The zero-order valence-corrected chi connectivity index (χ0v) is 14.4. The van der Waals surface area contributed by atoms with Gasteiger partial charge in [0.15, 0.2) is 6.10 Å². The number of methoxy groups -OCH3 is 1. The van der Waals surface area contributed by atoms with E-state index in [-0.39, 0.29) is 17.4 Å². The van der Waals surface area contributed by atoms with Crippen LogP contribution in [-0.2, 0) is 23.9 Å². The third-order valence-corrected chi connectivity index (χ3v) is 3.58. The molecule has 0 saturated heterocycles. The second kappa shape index (κ2) is 10.3. The first kappa shape index (κ1) is 20.4. The summed E-state index contributed by atoms with van der Waals surface area (Å²) >= 11 is 0.980. The number of benzene rings is 1. The van der Waals surface area contributed by atoms with Crippen LogP contribution in [-0.4, -0.2) is 48.6 Å². The van der Waals surface area contributed by atoms with Crippen molar-refractivity contribution in [2.75, 3.05) is 23.9 Å². The van der Waals surface area contributed by atoms with Crippen molar-refractivity contribution in [1.82, 2.24) is 5.32 Å². The van der Waals surface area contributed by atoms with Crippen LogP contribution in [0.25, 0.3) is 0 Å². The fourth-order valence-corrected chi connectivity index (χ4v) is 2.09. The molecule has 0 bridgehead atoms. The summed E-state index contributed by atoms with van der Waals surface area (Å²) in [5.41, 5.74) is 0.433. The maximum absolute atomic E-state index is 12.7. The molecule has 1 atom stereocenters. The summed E-state index contributed by atoms with van der Waals surface area (Å²) in [6.45, 7) is 1.29. The number of rotatable bonds is 7. The predicted molar refractivity (Wildman–Crippen MR) is 88.5 cm³/mol. The number of halogens is 1. The van der Waals surface area contributed by atoms with E-state index in [1.54, 1.807) is 0 Å². The van der Waals surface area contributed by atoms with Gasteiger partial charge in [-0.3, -0.25) is 19.7 Å². The van der Waals surface area contributed by atoms with Crippen LogP contribution < -0.4 is 10.6 Å². The molecule has 1 aromatic rings. The molecule has 2 N–H and O–H groups in total. The van der Waals surface area contributed by atoms with Crippen molar-refractivity contribution >= 4 is 41.3 Å². The Hall–Kier alpha value is -2.62. The summed E-state index contributed by atoms with van der Waals surface area (Å²) in [6, 6.07) is 5.24. The molecule has 136 valence electrons. The molecule has 0 unspecified atom stereocenters. The molecule has 1 aromatic carbocycles. The highest BCUT2D eigenvalue weighted by atomic mass is 32.2. The molecular weight excluding hydrogens is 355 g/mol. The monoisotopic (exact) mass is 372 g/mol. The second-order valence-electron chi connectivity index (χ2n) is 4.66. The minimum Gasteiger partial charge on any atom is -0.453 e. The molecule has 0 saturated carbocycles. The largest absolute Gasteiger partial charge is 0.453 e. The summed E-state index contributed by atoms with van der Waals surface area (Å²) in [6.07, 6.45) is -2.14. The van der Waals surface area contributed by atoms with Gasteiger partial charge in [-0.1, -0.05) is 0 Å². The smallest absolute Gasteiger partial charge is 0.413 e. The molecule has 10 heteroatoms. The standard InChI is InChI=1S/C15H17FN2O6S/c1-9(14(21)18-15(22)23-2)24-13(20)8-25-7-12(19)17-11-5-3-10(16)4-6-11/h3-6,9H,7-8H2,1-2H3,(H,17,19)(H,18,21,22)/t9-/m0/s1. The maximum Gasteiger partial charge on any atom is 0.413 e. The average molecular weight is 372 g/mol. The first-order chi connectivity index (χ1) is 11.8. The van der Waals surface area contributed by atoms with Crippen LogP contribution in [0.15, 0.2) is 24.3 Å². The quantitative estimate of drug-likeness (QED) is 0.694. The van der Waals surface area contributed by atoms with Crippen molar-refractivity contribution in [2.24, 2.45) is 0 Å². The fraction of sp³-hybridized carbons (Fsp3) is 0.333. The number of amides is 3. The Morgan fingerprint density at radius 3 is 2.40 bits per heavy atom. The van der Waals surface area contributed by atoms with Gasteiger partial charge in [0.1, 0.15) is 5.82 Å². The third kappa shape index (κ3) is 8.15. The molecule has 8 nitrogen and oxygen atoms in total. The van der Waals surface area contributed by atoms with Crippen molar-refractivity contribution in [3.8, 4) is 0 Å². The van der Waals surface area contributed by atoms with Gasteiger partial charge < -0.3 is 14.8 Å². The summed E-state index contributed by atoms with van der Waals surface area (Å²) in [7, 11) is 1.09. The molecule has 0 aliphatic heterocycles. The van der Waals surface area contributed by atoms with Gasteiger partial charge in [-0.2, -0.15) is 0 Å². The van der Waals surface area contributed by atoms with E-state index in [9.17, 15) is 23.6 Å². The number of esters is 1. The number of hydrogen-bond donors (Lipinski definition) is 2. The van der Waals surface area contributed by atoms with Gasteiger partial charge in [-0.05, 0) is 31.2 Å². The molecule has 1 rings (SSSR count). The Kier molecular flexibility index (Phi) is 8.40. The lowest BCUT2D eigenvalue weighted by molar-refractivity contribution is -0.152. The maximum atomic E-state index is 12.7. The van der Waals surface area contributed by atoms with E-state index in [4.69, 9.17) is 4.74 Å².